The molecule has 162 valence electrons. The van der Waals surface area contributed by atoms with E-state index < -0.39 is 11.6 Å². The summed E-state index contributed by atoms with van der Waals surface area (Å²) in [5.74, 6) is 0.897. The third kappa shape index (κ3) is 4.95. The number of hydrogen-bond donors (Lipinski definition) is 1. The molecule has 3 rings (SSSR count). The van der Waals surface area contributed by atoms with Crippen LogP contribution in [0.4, 0.5) is 0 Å². The number of carbonyl (C=O) groups is 2. The predicted octanol–water partition coefficient (Wildman–Crippen LogP) is 3.65. The number of allylic oxidation sites excluding steroid dienone is 1. The van der Waals surface area contributed by atoms with Gasteiger partial charge in [-0.2, -0.15) is 0 Å². The van der Waals surface area contributed by atoms with E-state index in [9.17, 15) is 9.59 Å². The summed E-state index contributed by atoms with van der Waals surface area (Å²) in [5, 5.41) is 0. The average molecular weight is 423 g/mol. The summed E-state index contributed by atoms with van der Waals surface area (Å²) in [7, 11) is 3.04. The SMILES string of the molecule is COc1ccc(C=CC(=O)c2ccc(OC)c3c2OC(C)(C)C=C3)cc1OC(=O)CN. The van der Waals surface area contributed by atoms with Gasteiger partial charge in [0.15, 0.2) is 17.3 Å². The Hall–Kier alpha value is -3.58. The first-order chi connectivity index (χ1) is 14.8. The van der Waals surface area contributed by atoms with E-state index in [-0.39, 0.29) is 18.1 Å². The minimum Gasteiger partial charge on any atom is -0.496 e. The quantitative estimate of drug-likeness (QED) is 0.314. The van der Waals surface area contributed by atoms with E-state index in [1.165, 1.54) is 13.2 Å². The zero-order valence-corrected chi connectivity index (χ0v) is 17.9. The zero-order valence-electron chi connectivity index (χ0n) is 17.9. The lowest BCUT2D eigenvalue weighted by atomic mass is 9.97. The van der Waals surface area contributed by atoms with E-state index in [2.05, 4.69) is 0 Å². The first kappa shape index (κ1) is 22.1. The van der Waals surface area contributed by atoms with Crippen molar-refractivity contribution in [1.29, 1.82) is 0 Å². The maximum atomic E-state index is 13.0. The Morgan fingerprint density at radius 1 is 1.06 bits per heavy atom. The van der Waals surface area contributed by atoms with E-state index in [4.69, 9.17) is 24.7 Å². The maximum Gasteiger partial charge on any atom is 0.325 e. The molecule has 0 aliphatic carbocycles. The van der Waals surface area contributed by atoms with Gasteiger partial charge < -0.3 is 24.7 Å². The lowest BCUT2D eigenvalue weighted by molar-refractivity contribution is -0.132. The predicted molar refractivity (Wildman–Crippen MR) is 118 cm³/mol. The second-order valence-corrected chi connectivity index (χ2v) is 7.38. The molecule has 31 heavy (non-hydrogen) atoms. The van der Waals surface area contributed by atoms with E-state index in [1.54, 1.807) is 43.5 Å². The van der Waals surface area contributed by atoms with Gasteiger partial charge in [0.25, 0.3) is 0 Å². The van der Waals surface area contributed by atoms with Crippen LogP contribution >= 0.6 is 0 Å². The van der Waals surface area contributed by atoms with Gasteiger partial charge in [0.1, 0.15) is 17.1 Å². The van der Waals surface area contributed by atoms with Gasteiger partial charge in [-0.1, -0.05) is 12.1 Å². The van der Waals surface area contributed by atoms with E-state index >= 15 is 0 Å². The van der Waals surface area contributed by atoms with E-state index in [1.807, 2.05) is 26.0 Å². The van der Waals surface area contributed by atoms with Crippen LogP contribution in [0.3, 0.4) is 0 Å². The molecule has 0 atom stereocenters. The molecule has 1 aliphatic rings. The minimum absolute atomic E-state index is 0.226. The highest BCUT2D eigenvalue weighted by atomic mass is 16.6. The van der Waals surface area contributed by atoms with Crippen molar-refractivity contribution >= 4 is 23.9 Å². The number of rotatable bonds is 7. The number of fused-ring (bicyclic) bond motifs is 1. The van der Waals surface area contributed by atoms with Gasteiger partial charge in [-0.3, -0.25) is 9.59 Å². The van der Waals surface area contributed by atoms with Gasteiger partial charge in [0, 0.05) is 0 Å². The van der Waals surface area contributed by atoms with Gasteiger partial charge in [0.2, 0.25) is 0 Å². The number of methoxy groups -OCH3 is 2. The van der Waals surface area contributed by atoms with Crippen molar-refractivity contribution in [2.24, 2.45) is 5.73 Å². The highest BCUT2D eigenvalue weighted by Crippen LogP contribution is 2.40. The molecule has 7 heteroatoms. The molecule has 0 aromatic heterocycles. The summed E-state index contributed by atoms with van der Waals surface area (Å²) in [6, 6.07) is 8.41. The normalized spacial score (nSPS) is 14.0. The molecule has 0 spiro atoms. The summed E-state index contributed by atoms with van der Waals surface area (Å²) in [4.78, 5) is 24.5. The van der Waals surface area contributed by atoms with Crippen LogP contribution in [-0.2, 0) is 4.79 Å². The summed E-state index contributed by atoms with van der Waals surface area (Å²) < 4.78 is 21.9. The van der Waals surface area contributed by atoms with Gasteiger partial charge >= 0.3 is 5.97 Å². The Bertz CT molecular complexity index is 1070. The van der Waals surface area contributed by atoms with Crippen molar-refractivity contribution in [2.75, 3.05) is 20.8 Å². The molecule has 0 saturated heterocycles. The number of ether oxygens (including phenoxy) is 4. The van der Waals surface area contributed by atoms with Crippen molar-refractivity contribution < 1.29 is 28.5 Å². The monoisotopic (exact) mass is 423 g/mol. The first-order valence-corrected chi connectivity index (χ1v) is 9.68. The Morgan fingerprint density at radius 3 is 2.45 bits per heavy atom. The van der Waals surface area contributed by atoms with Crippen LogP contribution in [0.1, 0.15) is 35.3 Å². The standard InChI is InChI=1S/C24H25NO6/c1-24(2)12-11-17-19(28-3)10-7-16(23(17)31-24)18(26)8-5-15-6-9-20(29-4)21(13-15)30-22(27)14-25/h5-13H,14,25H2,1-4H3. The van der Waals surface area contributed by atoms with E-state index in [0.29, 0.717) is 28.4 Å². The van der Waals surface area contributed by atoms with Crippen molar-refractivity contribution in [3.63, 3.8) is 0 Å². The number of nitrogens with two attached hydrogens (primary N) is 1. The van der Waals surface area contributed by atoms with Gasteiger partial charge in [-0.15, -0.1) is 0 Å². The maximum absolute atomic E-state index is 13.0. The Labute approximate surface area is 181 Å². The van der Waals surface area contributed by atoms with Crippen LogP contribution in [-0.4, -0.2) is 38.1 Å². The molecule has 0 unspecified atom stereocenters. The number of carbonyl (C=O) groups excluding carboxylic acids is 2. The highest BCUT2D eigenvalue weighted by molar-refractivity contribution is 6.09. The van der Waals surface area contributed by atoms with Crippen molar-refractivity contribution in [1.82, 2.24) is 0 Å². The lowest BCUT2D eigenvalue weighted by Crippen LogP contribution is -2.28. The summed E-state index contributed by atoms with van der Waals surface area (Å²) >= 11 is 0. The van der Waals surface area contributed by atoms with Crippen LogP contribution in [0.2, 0.25) is 0 Å². The lowest BCUT2D eigenvalue weighted by Gasteiger charge is -2.29. The molecule has 7 nitrogen and oxygen atoms in total. The van der Waals surface area contributed by atoms with Gasteiger partial charge in [-0.05, 0) is 61.9 Å². The first-order valence-electron chi connectivity index (χ1n) is 9.68. The number of esters is 1. The largest absolute Gasteiger partial charge is 0.496 e. The third-order valence-corrected chi connectivity index (χ3v) is 4.66. The molecule has 0 fully saturated rings. The minimum atomic E-state index is -0.590. The average Bonchev–Trinajstić information content (AvgIpc) is 2.75. The Kier molecular flexibility index (Phi) is 6.46. The second kappa shape index (κ2) is 9.06. The van der Waals surface area contributed by atoms with Gasteiger partial charge in [0.05, 0.1) is 31.9 Å². The number of hydrogen-bond acceptors (Lipinski definition) is 7. The molecule has 2 aromatic rings. The van der Waals surface area contributed by atoms with Crippen LogP contribution < -0.4 is 24.7 Å². The molecule has 0 amide bonds. The second-order valence-electron chi connectivity index (χ2n) is 7.38. The van der Waals surface area contributed by atoms with Gasteiger partial charge in [-0.25, -0.2) is 0 Å². The number of benzene rings is 2. The van der Waals surface area contributed by atoms with E-state index in [0.717, 1.165) is 5.56 Å². The highest BCUT2D eigenvalue weighted by Gasteiger charge is 2.27. The van der Waals surface area contributed by atoms with Crippen LogP contribution in [0.15, 0.2) is 42.5 Å². The zero-order chi connectivity index (χ0) is 22.6. The molecule has 2 N–H and O–H groups in total. The fourth-order valence-corrected chi connectivity index (χ4v) is 3.11. The Balaban J connectivity index is 1.91. The molecular weight excluding hydrogens is 398 g/mol. The fourth-order valence-electron chi connectivity index (χ4n) is 3.11. The topological polar surface area (TPSA) is 97.1 Å². The summed E-state index contributed by atoms with van der Waals surface area (Å²) in [5.41, 5.74) is 6.56. The molecule has 2 aromatic carbocycles. The molecule has 1 aliphatic heterocycles. The molecule has 0 radical (unpaired) electrons. The van der Waals surface area contributed by atoms with Crippen LogP contribution in [0, 0.1) is 0 Å². The summed E-state index contributed by atoms with van der Waals surface area (Å²) in [6.07, 6.45) is 6.89. The number of ketones is 1. The third-order valence-electron chi connectivity index (χ3n) is 4.66. The smallest absolute Gasteiger partial charge is 0.325 e. The Morgan fingerprint density at radius 2 is 1.77 bits per heavy atom. The van der Waals surface area contributed by atoms with Crippen molar-refractivity contribution in [3.8, 4) is 23.0 Å². The molecule has 1 heterocycles. The fraction of sp³-hybridized carbons (Fsp3) is 0.250. The molecule has 0 bridgehead atoms. The van der Waals surface area contributed by atoms with Crippen LogP contribution in [0.5, 0.6) is 23.0 Å². The molecule has 0 saturated carbocycles. The van der Waals surface area contributed by atoms with Crippen molar-refractivity contribution in [3.05, 3.63) is 59.2 Å². The van der Waals surface area contributed by atoms with Crippen LogP contribution in [0.25, 0.3) is 12.2 Å². The van der Waals surface area contributed by atoms with Crippen molar-refractivity contribution in [2.45, 2.75) is 19.4 Å². The molecular formula is C24H25NO6. The summed E-state index contributed by atoms with van der Waals surface area (Å²) in [6.45, 7) is 3.57.